The maximum absolute atomic E-state index is 12.0. The number of hydrogen-bond acceptors (Lipinski definition) is 4. The number of ether oxygens (including phenoxy) is 1. The van der Waals surface area contributed by atoms with Crippen LogP contribution in [-0.2, 0) is 4.74 Å². The first kappa shape index (κ1) is 13.5. The van der Waals surface area contributed by atoms with E-state index in [2.05, 4.69) is 6.07 Å². The van der Waals surface area contributed by atoms with E-state index in [1.165, 1.54) is 0 Å². The Morgan fingerprint density at radius 3 is 2.89 bits per heavy atom. The highest BCUT2D eigenvalue weighted by Crippen LogP contribution is 2.37. The van der Waals surface area contributed by atoms with Crippen molar-refractivity contribution in [3.8, 4) is 6.07 Å². The molecule has 0 radical (unpaired) electrons. The fourth-order valence-electron chi connectivity index (χ4n) is 1.85. The van der Waals surface area contributed by atoms with E-state index in [1.54, 1.807) is 12.3 Å². The number of nitrogen functional groups attached to an aromatic ring is 1. The molecule has 2 N–H and O–H groups in total. The van der Waals surface area contributed by atoms with Crippen LogP contribution in [0.4, 0.5) is 5.69 Å². The number of carbonyl (C=O) groups is 1. The molecule has 0 saturated heterocycles. The molecule has 1 aliphatic rings. The maximum Gasteiger partial charge on any atom is 0.355 e. The summed E-state index contributed by atoms with van der Waals surface area (Å²) in [6.07, 6.45) is 4.47. The van der Waals surface area contributed by atoms with Gasteiger partial charge < -0.3 is 15.0 Å². The average molecular weight is 261 g/mol. The molecule has 1 aromatic heterocycles. The number of aromatic nitrogens is 1. The molecular weight excluding hydrogens is 242 g/mol. The minimum atomic E-state index is -0.474. The number of nitrogens with two attached hydrogens (primary N) is 1. The molecule has 1 heterocycles. The van der Waals surface area contributed by atoms with Crippen molar-refractivity contribution in [2.24, 2.45) is 5.41 Å². The van der Waals surface area contributed by atoms with Gasteiger partial charge in [0, 0.05) is 12.2 Å². The molecule has 5 heteroatoms. The molecule has 2 rings (SSSR count). The summed E-state index contributed by atoms with van der Waals surface area (Å²) in [5, 5.41) is 8.89. The molecule has 102 valence electrons. The third-order valence-corrected chi connectivity index (χ3v) is 3.28. The van der Waals surface area contributed by atoms with E-state index in [-0.39, 0.29) is 12.6 Å². The molecule has 0 bridgehead atoms. The van der Waals surface area contributed by atoms with Crippen LogP contribution in [0.25, 0.3) is 0 Å². The van der Waals surface area contributed by atoms with Crippen molar-refractivity contribution in [1.82, 2.24) is 4.57 Å². The topological polar surface area (TPSA) is 81.0 Å². The summed E-state index contributed by atoms with van der Waals surface area (Å²) in [5.74, 6) is -0.364. The molecule has 1 aliphatic carbocycles. The normalized spacial score (nSPS) is 15.0. The lowest BCUT2D eigenvalue weighted by Gasteiger charge is -2.14. The number of anilines is 1. The van der Waals surface area contributed by atoms with Crippen molar-refractivity contribution in [3.05, 3.63) is 18.0 Å². The first-order chi connectivity index (χ1) is 8.93. The van der Waals surface area contributed by atoms with Gasteiger partial charge in [0.05, 0.1) is 23.8 Å². The van der Waals surface area contributed by atoms with Crippen molar-refractivity contribution in [1.29, 1.82) is 5.26 Å². The quantitative estimate of drug-likeness (QED) is 0.826. The molecule has 0 atom stereocenters. The zero-order valence-electron chi connectivity index (χ0n) is 11.3. The summed E-state index contributed by atoms with van der Waals surface area (Å²) in [5.41, 5.74) is 6.35. The van der Waals surface area contributed by atoms with E-state index in [0.29, 0.717) is 23.8 Å². The Morgan fingerprint density at radius 1 is 1.63 bits per heavy atom. The van der Waals surface area contributed by atoms with E-state index in [9.17, 15) is 4.79 Å². The van der Waals surface area contributed by atoms with Crippen LogP contribution in [0.1, 0.15) is 49.6 Å². The molecule has 1 fully saturated rings. The predicted octanol–water partition coefficient (Wildman–Crippen LogP) is 2.50. The number of carbonyl (C=O) groups excluding carboxylic acids is 1. The van der Waals surface area contributed by atoms with E-state index in [4.69, 9.17) is 15.7 Å². The number of hydrogen-bond donors (Lipinski definition) is 1. The summed E-state index contributed by atoms with van der Waals surface area (Å²) in [6.45, 7) is 3.90. The number of esters is 1. The number of nitriles is 1. The highest BCUT2D eigenvalue weighted by Gasteiger charge is 2.28. The second kappa shape index (κ2) is 4.96. The lowest BCUT2D eigenvalue weighted by atomic mass is 9.92. The second-order valence-corrected chi connectivity index (χ2v) is 5.68. The second-order valence-electron chi connectivity index (χ2n) is 5.68. The van der Waals surface area contributed by atoms with Gasteiger partial charge in [-0.15, -0.1) is 0 Å². The zero-order valence-corrected chi connectivity index (χ0v) is 11.3. The Hall–Kier alpha value is -1.96. The molecular formula is C14H19N3O2. The van der Waals surface area contributed by atoms with Gasteiger partial charge in [0.2, 0.25) is 0 Å². The average Bonchev–Trinajstić information content (AvgIpc) is 3.12. The van der Waals surface area contributed by atoms with Crippen molar-refractivity contribution in [2.45, 2.75) is 39.2 Å². The molecule has 5 nitrogen and oxygen atoms in total. The van der Waals surface area contributed by atoms with Gasteiger partial charge in [0.15, 0.2) is 0 Å². The lowest BCUT2D eigenvalue weighted by Crippen LogP contribution is -2.16. The van der Waals surface area contributed by atoms with Crippen LogP contribution in [-0.4, -0.2) is 17.1 Å². The molecule has 0 aliphatic heterocycles. The van der Waals surface area contributed by atoms with Crippen LogP contribution >= 0.6 is 0 Å². The third kappa shape index (κ3) is 3.28. The van der Waals surface area contributed by atoms with Gasteiger partial charge in [-0.1, -0.05) is 0 Å². The van der Waals surface area contributed by atoms with Crippen LogP contribution in [0.2, 0.25) is 0 Å². The maximum atomic E-state index is 12.0. The highest BCUT2D eigenvalue weighted by atomic mass is 16.5. The molecule has 19 heavy (non-hydrogen) atoms. The monoisotopic (exact) mass is 261 g/mol. The van der Waals surface area contributed by atoms with Gasteiger partial charge >= 0.3 is 5.97 Å². The van der Waals surface area contributed by atoms with Crippen LogP contribution in [0, 0.1) is 16.7 Å². The Morgan fingerprint density at radius 2 is 2.32 bits per heavy atom. The molecule has 0 amide bonds. The van der Waals surface area contributed by atoms with Crippen molar-refractivity contribution >= 4 is 11.7 Å². The van der Waals surface area contributed by atoms with E-state index >= 15 is 0 Å². The predicted molar refractivity (Wildman–Crippen MR) is 71.4 cm³/mol. The third-order valence-electron chi connectivity index (χ3n) is 3.28. The largest absolute Gasteiger partial charge is 0.461 e. The van der Waals surface area contributed by atoms with E-state index < -0.39 is 5.41 Å². The molecule has 0 aromatic carbocycles. The first-order valence-corrected chi connectivity index (χ1v) is 6.49. The van der Waals surface area contributed by atoms with Gasteiger partial charge in [-0.2, -0.15) is 5.26 Å². The highest BCUT2D eigenvalue weighted by molar-refractivity contribution is 5.89. The Bertz CT molecular complexity index is 521. The van der Waals surface area contributed by atoms with Crippen LogP contribution < -0.4 is 5.73 Å². The Labute approximate surface area is 113 Å². The molecule has 1 saturated carbocycles. The molecule has 1 aromatic rings. The number of rotatable bonds is 5. The smallest absolute Gasteiger partial charge is 0.355 e. The van der Waals surface area contributed by atoms with Gasteiger partial charge in [-0.3, -0.25) is 0 Å². The summed E-state index contributed by atoms with van der Waals surface area (Å²) in [4.78, 5) is 12.0. The van der Waals surface area contributed by atoms with Crippen LogP contribution in [0.3, 0.4) is 0 Å². The first-order valence-electron chi connectivity index (χ1n) is 6.49. The Kier molecular flexibility index (Phi) is 3.52. The van der Waals surface area contributed by atoms with E-state index in [1.807, 2.05) is 18.4 Å². The standard InChI is InChI=1S/C14H19N3O2/c1-14(2,9-15)5-6-19-13(18)12-7-10(16)8-17(12)11-3-4-11/h7-8,11H,3-6,16H2,1-2H3. The van der Waals surface area contributed by atoms with Crippen molar-refractivity contribution in [2.75, 3.05) is 12.3 Å². The molecule has 0 spiro atoms. The summed E-state index contributed by atoms with van der Waals surface area (Å²) >= 11 is 0. The summed E-state index contributed by atoms with van der Waals surface area (Å²) < 4.78 is 7.13. The minimum Gasteiger partial charge on any atom is -0.461 e. The molecule has 0 unspecified atom stereocenters. The Balaban J connectivity index is 1.95. The van der Waals surface area contributed by atoms with Gasteiger partial charge in [0.25, 0.3) is 0 Å². The van der Waals surface area contributed by atoms with Crippen molar-refractivity contribution < 1.29 is 9.53 Å². The summed E-state index contributed by atoms with van der Waals surface area (Å²) in [6, 6.07) is 4.22. The van der Waals surface area contributed by atoms with Crippen LogP contribution in [0.5, 0.6) is 0 Å². The minimum absolute atomic E-state index is 0.245. The van der Waals surface area contributed by atoms with Gasteiger partial charge in [0.1, 0.15) is 5.69 Å². The zero-order chi connectivity index (χ0) is 14.0. The lowest BCUT2D eigenvalue weighted by molar-refractivity contribution is 0.0462. The fourth-order valence-corrected chi connectivity index (χ4v) is 1.85. The van der Waals surface area contributed by atoms with E-state index in [0.717, 1.165) is 12.8 Å². The number of nitrogens with zero attached hydrogens (tertiary/aromatic N) is 2. The van der Waals surface area contributed by atoms with Gasteiger partial charge in [-0.25, -0.2) is 4.79 Å². The summed E-state index contributed by atoms with van der Waals surface area (Å²) in [7, 11) is 0. The van der Waals surface area contributed by atoms with Gasteiger partial charge in [-0.05, 0) is 39.2 Å². The SMILES string of the molecule is CC(C)(C#N)CCOC(=O)c1cc(N)cn1C1CC1. The fraction of sp³-hybridized carbons (Fsp3) is 0.571. The van der Waals surface area contributed by atoms with Crippen LogP contribution in [0.15, 0.2) is 12.3 Å². The van der Waals surface area contributed by atoms with Crippen molar-refractivity contribution in [3.63, 3.8) is 0 Å².